The van der Waals surface area contributed by atoms with Crippen molar-refractivity contribution in [3.8, 4) is 11.5 Å². The van der Waals surface area contributed by atoms with Crippen molar-refractivity contribution < 1.29 is 14.3 Å². The van der Waals surface area contributed by atoms with Crippen LogP contribution in [0.3, 0.4) is 0 Å². The lowest BCUT2D eigenvalue weighted by atomic mass is 10.0. The average molecular weight is 349 g/mol. The van der Waals surface area contributed by atoms with Crippen molar-refractivity contribution in [2.45, 2.75) is 19.8 Å². The van der Waals surface area contributed by atoms with E-state index in [9.17, 15) is 4.79 Å². The number of carbonyl (C=O) groups is 1. The van der Waals surface area contributed by atoms with Crippen LogP contribution in [0.25, 0.3) is 0 Å². The Labute approximate surface area is 133 Å². The Bertz CT molecular complexity index is 650. The molecule has 0 spiro atoms. The van der Waals surface area contributed by atoms with E-state index >= 15 is 0 Å². The highest BCUT2D eigenvalue weighted by molar-refractivity contribution is 9.10. The molecule has 3 nitrogen and oxygen atoms in total. The SMILES string of the molecule is COc1ccc(C(=O)Oc2ccccc2C(C)C)cc1Br. The summed E-state index contributed by atoms with van der Waals surface area (Å²) < 4.78 is 11.4. The van der Waals surface area contributed by atoms with Gasteiger partial charge in [-0.1, -0.05) is 32.0 Å². The second kappa shape index (κ2) is 6.76. The van der Waals surface area contributed by atoms with Crippen molar-refractivity contribution in [2.75, 3.05) is 7.11 Å². The fourth-order valence-corrected chi connectivity index (χ4v) is 2.54. The van der Waals surface area contributed by atoms with Gasteiger partial charge in [-0.3, -0.25) is 0 Å². The third-order valence-electron chi connectivity index (χ3n) is 3.13. The molecule has 0 aliphatic heterocycles. The van der Waals surface area contributed by atoms with E-state index in [0.29, 0.717) is 17.1 Å². The smallest absolute Gasteiger partial charge is 0.343 e. The first-order chi connectivity index (χ1) is 10.0. The summed E-state index contributed by atoms with van der Waals surface area (Å²) >= 11 is 3.37. The highest BCUT2D eigenvalue weighted by Gasteiger charge is 2.14. The Morgan fingerprint density at radius 3 is 2.43 bits per heavy atom. The zero-order valence-electron chi connectivity index (χ0n) is 12.2. The molecular weight excluding hydrogens is 332 g/mol. The first-order valence-corrected chi connectivity index (χ1v) is 7.47. The van der Waals surface area contributed by atoms with E-state index in [0.717, 1.165) is 10.0 Å². The lowest BCUT2D eigenvalue weighted by Crippen LogP contribution is -2.10. The maximum atomic E-state index is 12.3. The van der Waals surface area contributed by atoms with Crippen LogP contribution in [0.15, 0.2) is 46.9 Å². The molecule has 2 aromatic rings. The van der Waals surface area contributed by atoms with E-state index in [1.54, 1.807) is 25.3 Å². The predicted molar refractivity (Wildman–Crippen MR) is 86.2 cm³/mol. The van der Waals surface area contributed by atoms with Crippen molar-refractivity contribution in [1.29, 1.82) is 0 Å². The molecule has 0 amide bonds. The number of hydrogen-bond acceptors (Lipinski definition) is 3. The molecule has 2 rings (SSSR count). The maximum absolute atomic E-state index is 12.3. The second-order valence-corrected chi connectivity index (χ2v) is 5.79. The van der Waals surface area contributed by atoms with Gasteiger partial charge in [0.05, 0.1) is 17.1 Å². The van der Waals surface area contributed by atoms with Crippen LogP contribution in [0.5, 0.6) is 11.5 Å². The van der Waals surface area contributed by atoms with Gasteiger partial charge in [-0.25, -0.2) is 4.79 Å². The largest absolute Gasteiger partial charge is 0.496 e. The van der Waals surface area contributed by atoms with Crippen molar-refractivity contribution >= 4 is 21.9 Å². The Morgan fingerprint density at radius 2 is 1.81 bits per heavy atom. The van der Waals surface area contributed by atoms with Gasteiger partial charge in [0, 0.05) is 0 Å². The summed E-state index contributed by atoms with van der Waals surface area (Å²) in [7, 11) is 1.58. The van der Waals surface area contributed by atoms with Crippen LogP contribution in [-0.2, 0) is 0 Å². The van der Waals surface area contributed by atoms with Gasteiger partial charge < -0.3 is 9.47 Å². The Balaban J connectivity index is 2.24. The fourth-order valence-electron chi connectivity index (χ4n) is 2.00. The minimum atomic E-state index is -0.383. The highest BCUT2D eigenvalue weighted by Crippen LogP contribution is 2.28. The van der Waals surface area contributed by atoms with E-state index in [4.69, 9.17) is 9.47 Å². The third kappa shape index (κ3) is 3.64. The number of rotatable bonds is 4. The molecule has 110 valence electrons. The van der Waals surface area contributed by atoms with Crippen LogP contribution in [0.4, 0.5) is 0 Å². The summed E-state index contributed by atoms with van der Waals surface area (Å²) in [4.78, 5) is 12.3. The number of hydrogen-bond donors (Lipinski definition) is 0. The molecule has 0 heterocycles. The third-order valence-corrected chi connectivity index (χ3v) is 3.75. The number of ether oxygens (including phenoxy) is 2. The van der Waals surface area contributed by atoms with Crippen molar-refractivity contribution in [2.24, 2.45) is 0 Å². The number of esters is 1. The van der Waals surface area contributed by atoms with Gasteiger partial charge in [-0.15, -0.1) is 0 Å². The predicted octanol–water partition coefficient (Wildman–Crippen LogP) is 4.80. The topological polar surface area (TPSA) is 35.5 Å². The van der Waals surface area contributed by atoms with Crippen LogP contribution in [0, 0.1) is 0 Å². The van der Waals surface area contributed by atoms with Gasteiger partial charge in [0.1, 0.15) is 11.5 Å². The first kappa shape index (κ1) is 15.6. The van der Waals surface area contributed by atoms with Crippen molar-refractivity contribution in [3.63, 3.8) is 0 Å². The van der Waals surface area contributed by atoms with Gasteiger partial charge in [0.2, 0.25) is 0 Å². The van der Waals surface area contributed by atoms with Crippen molar-refractivity contribution in [1.82, 2.24) is 0 Å². The molecule has 0 bridgehead atoms. The number of benzene rings is 2. The standard InChI is InChI=1S/C17H17BrO3/c1-11(2)13-6-4-5-7-15(13)21-17(19)12-8-9-16(20-3)14(18)10-12/h4-11H,1-3H3. The molecule has 0 atom stereocenters. The van der Waals surface area contributed by atoms with Gasteiger partial charge in [-0.2, -0.15) is 0 Å². The monoisotopic (exact) mass is 348 g/mol. The Kier molecular flexibility index (Phi) is 5.02. The minimum Gasteiger partial charge on any atom is -0.496 e. The zero-order valence-corrected chi connectivity index (χ0v) is 13.8. The number of halogens is 1. The van der Waals surface area contributed by atoms with Gasteiger partial charge in [0.25, 0.3) is 0 Å². The minimum absolute atomic E-state index is 0.289. The fraction of sp³-hybridized carbons (Fsp3) is 0.235. The number of carbonyl (C=O) groups excluding carboxylic acids is 1. The van der Waals surface area contributed by atoms with Crippen LogP contribution >= 0.6 is 15.9 Å². The lowest BCUT2D eigenvalue weighted by Gasteiger charge is -2.13. The summed E-state index contributed by atoms with van der Waals surface area (Å²) in [5.74, 6) is 1.18. The van der Waals surface area contributed by atoms with Crippen LogP contribution in [-0.4, -0.2) is 13.1 Å². The molecule has 0 N–H and O–H groups in total. The summed E-state index contributed by atoms with van der Waals surface area (Å²) in [5.41, 5.74) is 1.49. The summed E-state index contributed by atoms with van der Waals surface area (Å²) in [5, 5.41) is 0. The van der Waals surface area contributed by atoms with E-state index in [2.05, 4.69) is 29.8 Å². The molecule has 4 heteroatoms. The quantitative estimate of drug-likeness (QED) is 0.588. The molecular formula is C17H17BrO3. The zero-order chi connectivity index (χ0) is 15.4. The van der Waals surface area contributed by atoms with Gasteiger partial charge in [-0.05, 0) is 51.7 Å². The van der Waals surface area contributed by atoms with Crippen LogP contribution in [0.1, 0.15) is 35.7 Å². The molecule has 0 unspecified atom stereocenters. The van der Waals surface area contributed by atoms with Crippen molar-refractivity contribution in [3.05, 3.63) is 58.1 Å². The van der Waals surface area contributed by atoms with Gasteiger partial charge in [0.15, 0.2) is 0 Å². The molecule has 0 saturated carbocycles. The Hall–Kier alpha value is -1.81. The molecule has 0 aromatic heterocycles. The summed E-state index contributed by atoms with van der Waals surface area (Å²) in [6.45, 7) is 4.13. The van der Waals surface area contributed by atoms with E-state index in [1.807, 2.05) is 24.3 Å². The average Bonchev–Trinajstić information content (AvgIpc) is 2.47. The lowest BCUT2D eigenvalue weighted by molar-refractivity contribution is 0.0732. The molecule has 0 radical (unpaired) electrons. The number of para-hydroxylation sites is 1. The van der Waals surface area contributed by atoms with E-state index < -0.39 is 0 Å². The van der Waals surface area contributed by atoms with E-state index in [1.165, 1.54) is 0 Å². The molecule has 0 fully saturated rings. The first-order valence-electron chi connectivity index (χ1n) is 6.67. The molecule has 2 aromatic carbocycles. The summed E-state index contributed by atoms with van der Waals surface area (Å²) in [6.07, 6.45) is 0. The molecule has 0 aliphatic carbocycles. The summed E-state index contributed by atoms with van der Waals surface area (Å²) in [6, 6.07) is 12.7. The molecule has 0 saturated heterocycles. The molecule has 0 aliphatic rings. The second-order valence-electron chi connectivity index (χ2n) is 4.93. The van der Waals surface area contributed by atoms with E-state index in [-0.39, 0.29) is 11.9 Å². The molecule has 21 heavy (non-hydrogen) atoms. The van der Waals surface area contributed by atoms with Gasteiger partial charge >= 0.3 is 5.97 Å². The number of methoxy groups -OCH3 is 1. The normalized spacial score (nSPS) is 10.5. The van der Waals surface area contributed by atoms with Crippen LogP contribution in [0.2, 0.25) is 0 Å². The van der Waals surface area contributed by atoms with Crippen LogP contribution < -0.4 is 9.47 Å². The maximum Gasteiger partial charge on any atom is 0.343 e. The Morgan fingerprint density at radius 1 is 1.10 bits per heavy atom. The highest BCUT2D eigenvalue weighted by atomic mass is 79.9.